The second-order valence-electron chi connectivity index (χ2n) is 28.9. The number of carbonyl (C=O) groups is 5. The second-order valence-corrected chi connectivity index (χ2v) is 28.9. The van der Waals surface area contributed by atoms with Crippen LogP contribution in [0.1, 0.15) is 154 Å². The minimum Gasteiger partial charge on any atom is -0.511 e. The topological polar surface area (TPSA) is 324 Å². The van der Waals surface area contributed by atoms with E-state index in [1.165, 1.54) is 39.2 Å². The molecule has 1 spiro atoms. The van der Waals surface area contributed by atoms with E-state index >= 15 is 4.79 Å². The Balaban J connectivity index is 0.911. The number of fused-ring (bicyclic) bond motifs is 4. The molecule has 10 aliphatic rings. The molecule has 6 saturated heterocycles. The lowest BCUT2D eigenvalue weighted by atomic mass is 9.49. The largest absolute Gasteiger partial charge is 0.511 e. The quantitative estimate of drug-likeness (QED) is 0.0335. The molecule has 6 aliphatic heterocycles. The highest BCUT2D eigenvalue weighted by atomic mass is 16.8. The van der Waals surface area contributed by atoms with Gasteiger partial charge in [-0.15, -0.1) is 0 Å². The molecule has 24 heteroatoms. The number of ether oxygens (including phenoxy) is 13. The van der Waals surface area contributed by atoms with Gasteiger partial charge in [-0.25, -0.2) is 9.59 Å². The highest BCUT2D eigenvalue weighted by Gasteiger charge is 2.65. The number of alkyl carbamates (subject to hydrolysis) is 1. The van der Waals surface area contributed by atoms with Crippen LogP contribution in [0.3, 0.4) is 0 Å². The number of aliphatic hydroxyl groups excluding tert-OH is 4. The van der Waals surface area contributed by atoms with Crippen LogP contribution < -0.4 is 11.1 Å². The number of carbonyl (C=O) groups excluding carboxylic acids is 5. The summed E-state index contributed by atoms with van der Waals surface area (Å²) < 4.78 is 82.3. The highest BCUT2D eigenvalue weighted by Crippen LogP contribution is 2.61. The van der Waals surface area contributed by atoms with Crippen molar-refractivity contribution in [2.24, 2.45) is 46.7 Å². The third-order valence-corrected chi connectivity index (χ3v) is 21.7. The van der Waals surface area contributed by atoms with Crippen LogP contribution in [0.15, 0.2) is 70.6 Å². The van der Waals surface area contributed by atoms with E-state index in [0.717, 1.165) is 5.57 Å². The molecule has 2 bridgehead atoms. The number of aliphatic hydroxyl groups is 4. The minimum absolute atomic E-state index is 0.0933. The first-order valence-electron chi connectivity index (χ1n) is 33.9. The summed E-state index contributed by atoms with van der Waals surface area (Å²) in [6, 6.07) is -0.638. The molecule has 0 aromatic heterocycles. The summed E-state index contributed by atoms with van der Waals surface area (Å²) in [6.45, 7) is 23.4. The van der Waals surface area contributed by atoms with Crippen molar-refractivity contribution in [1.29, 1.82) is 0 Å². The number of nitrogens with two attached hydrogens (primary N) is 1. The Kier molecular flexibility index (Phi) is 22.2. The molecular weight excluding hydrogens is 1220 g/mol. The average molecular weight is 1320 g/mol. The van der Waals surface area contributed by atoms with Crippen LogP contribution in [0.4, 0.5) is 4.79 Å². The van der Waals surface area contributed by atoms with Crippen molar-refractivity contribution in [2.45, 2.75) is 288 Å². The van der Waals surface area contributed by atoms with Gasteiger partial charge in [-0.2, -0.15) is 0 Å². The number of methoxy groups -OCH3 is 1. The van der Waals surface area contributed by atoms with E-state index in [9.17, 15) is 39.6 Å². The van der Waals surface area contributed by atoms with Gasteiger partial charge in [-0.05, 0) is 123 Å². The number of hydrogen-bond donors (Lipinski definition) is 6. The summed E-state index contributed by atoms with van der Waals surface area (Å²) in [5, 5.41) is 49.8. The van der Waals surface area contributed by atoms with Crippen molar-refractivity contribution in [2.75, 3.05) is 7.11 Å². The Morgan fingerprint density at radius 2 is 1.33 bits per heavy atom. The fourth-order valence-corrected chi connectivity index (χ4v) is 17.0. The fourth-order valence-electron chi connectivity index (χ4n) is 17.0. The zero-order valence-corrected chi connectivity index (χ0v) is 56.8. The van der Waals surface area contributed by atoms with Gasteiger partial charge in [0.25, 0.3) is 0 Å². The first kappa shape index (κ1) is 72.0. The maximum atomic E-state index is 15.8. The monoisotopic (exact) mass is 1320 g/mol. The molecule has 4 aliphatic carbocycles. The van der Waals surface area contributed by atoms with Crippen molar-refractivity contribution in [3.05, 3.63) is 70.6 Å². The normalized spacial score (nSPS) is 46.6. The third kappa shape index (κ3) is 14.8. The number of allylic oxidation sites excluding steroid dienone is 5. The Hall–Kier alpha value is -4.77. The molecule has 10 rings (SSSR count). The SMILES string of the molecule is COC(=O)N[C@H]1[C@@H](C)O[C@@H](O[C@H]2C/C=C(\C)[C@@H]3C=C[C@@H]4[C@@H](O[C@H]5C[C@@H](O[C@H]6CC[C@@H](O[C@@H]7C[C@@H](O)[C@@H](O[C@H]8CC[C@@H](O)[C@H](C)O8)[C@H](C)O7)[C@H](C)O6)[C@@H](OC(C)=O)[C@H](C)O5)[C@@H](C)C[C@H](C)[C@H]4[C@]3(C)C(O)=C3C(=O)O[C@]4(CC(/C=C/C(C)=O)=C[C@H](O)[C@H]4C=C2C)C3=O)C[C@]1(C)N. The van der Waals surface area contributed by atoms with Crippen LogP contribution in [-0.4, -0.2) is 191 Å². The molecule has 0 aromatic rings. The van der Waals surface area contributed by atoms with E-state index in [0.29, 0.717) is 43.3 Å². The van der Waals surface area contributed by atoms with Crippen molar-refractivity contribution in [3.63, 3.8) is 0 Å². The molecule has 24 nitrogen and oxygen atoms in total. The van der Waals surface area contributed by atoms with Crippen molar-refractivity contribution >= 4 is 29.6 Å². The van der Waals surface area contributed by atoms with E-state index < -0.39 is 198 Å². The molecule has 0 unspecified atom stereocenters. The maximum absolute atomic E-state index is 15.8. The summed E-state index contributed by atoms with van der Waals surface area (Å²) >= 11 is 0. The number of esters is 2. The van der Waals surface area contributed by atoms with Gasteiger partial charge in [0.15, 0.2) is 48.9 Å². The predicted molar refractivity (Wildman–Crippen MR) is 336 cm³/mol. The van der Waals surface area contributed by atoms with E-state index in [2.05, 4.69) is 25.2 Å². The zero-order valence-electron chi connectivity index (χ0n) is 56.8. The Morgan fingerprint density at radius 1 is 0.691 bits per heavy atom. The number of rotatable bonds is 14. The molecule has 7 fully saturated rings. The van der Waals surface area contributed by atoms with Gasteiger partial charge in [0.1, 0.15) is 23.5 Å². The van der Waals surface area contributed by atoms with E-state index in [-0.39, 0.29) is 49.7 Å². The third-order valence-electron chi connectivity index (χ3n) is 21.7. The van der Waals surface area contributed by atoms with Gasteiger partial charge in [0.05, 0.1) is 86.2 Å². The van der Waals surface area contributed by atoms with E-state index in [1.54, 1.807) is 33.8 Å². The highest BCUT2D eigenvalue weighted by molar-refractivity contribution is 6.26. The van der Waals surface area contributed by atoms with Crippen LogP contribution >= 0.6 is 0 Å². The number of ketones is 2. The molecule has 0 radical (unpaired) electrons. The molecular formula is C70H102N2O22. The Labute approximate surface area is 551 Å². The second kappa shape index (κ2) is 29.0. The van der Waals surface area contributed by atoms with Gasteiger partial charge in [0, 0.05) is 68.2 Å². The van der Waals surface area contributed by atoms with Crippen molar-refractivity contribution in [1.82, 2.24) is 5.32 Å². The molecule has 7 N–H and O–H groups in total. The van der Waals surface area contributed by atoms with Crippen LogP contribution in [0.5, 0.6) is 0 Å². The number of Topliss-reactive ketones (excluding diaryl/α,β-unsaturated/α-hetero) is 1. The van der Waals surface area contributed by atoms with Crippen molar-refractivity contribution in [3.8, 4) is 0 Å². The predicted octanol–water partition coefficient (Wildman–Crippen LogP) is 6.99. The fraction of sp³-hybridized carbons (Fsp3) is 0.757. The van der Waals surface area contributed by atoms with Crippen LogP contribution in [0, 0.1) is 40.9 Å². The molecule has 29 atom stereocenters. The molecule has 1 saturated carbocycles. The first-order chi connectivity index (χ1) is 44.3. The van der Waals surface area contributed by atoms with E-state index in [4.69, 9.17) is 67.3 Å². The van der Waals surface area contributed by atoms with Gasteiger partial charge in [-0.1, -0.05) is 62.8 Å². The lowest BCUT2D eigenvalue weighted by molar-refractivity contribution is -0.331. The van der Waals surface area contributed by atoms with Gasteiger partial charge in [0.2, 0.25) is 5.78 Å². The zero-order chi connectivity index (χ0) is 68.2. The summed E-state index contributed by atoms with van der Waals surface area (Å²) in [7, 11) is 1.27. The van der Waals surface area contributed by atoms with Gasteiger partial charge < -0.3 is 93.1 Å². The first-order valence-corrected chi connectivity index (χ1v) is 33.9. The Morgan fingerprint density at radius 3 is 1.99 bits per heavy atom. The van der Waals surface area contributed by atoms with Gasteiger partial charge >= 0.3 is 18.0 Å². The number of nitrogens with one attached hydrogen (secondary N) is 1. The van der Waals surface area contributed by atoms with Crippen LogP contribution in [0.25, 0.3) is 0 Å². The summed E-state index contributed by atoms with van der Waals surface area (Å²) in [5.74, 6) is -6.08. The molecule has 0 aromatic carbocycles. The van der Waals surface area contributed by atoms with Crippen molar-refractivity contribution < 1.29 is 106 Å². The standard InChI is InChI=1S/C70H102N2O22/c1-32-15-21-50(89-57-31-68(12,71)63(41(10)87-57)72-67(81)82-14)33(2)26-46-48(76)27-43(17-16-36(5)73)30-70(46)65(79)58(66(80)94-70)64(78)69(13)45(32)19-18-44-59(69)34(3)25-35(4)60(44)93-56-29-52(62(40(9)86-56)88-42(11)74)91-53-24-22-51(38(7)84-53)90-55-28-49(77)61(39(8)85-55)92-54-23-20-47(75)37(6)83-54/h15-19,26-27,34-35,37-41,44-57,59-63,75-78H,20-25,28-31,71H2,1-14H3,(H,72,81)/b17-16+,32-15+,33-26?,64-58?/t34-,35-,37-,38-,39-,40-,41+,44-,45-,46+,47+,48-,49+,50-,51+,52+,53-,54-,55+,56-,57-,59+,60-,61-,62-,63-,68-,69+,70-/m0/s1. The summed E-state index contributed by atoms with van der Waals surface area (Å²) in [4.78, 5) is 68.2. The van der Waals surface area contributed by atoms with Gasteiger partial charge in [-0.3, -0.25) is 14.4 Å². The summed E-state index contributed by atoms with van der Waals surface area (Å²) in [6.07, 6.45) is 1.12. The smallest absolute Gasteiger partial charge is 0.407 e. The Bertz CT molecular complexity index is 2980. The number of hydrogen-bond acceptors (Lipinski definition) is 23. The lowest BCUT2D eigenvalue weighted by Crippen LogP contribution is -2.66. The lowest BCUT2D eigenvalue weighted by Gasteiger charge is -2.56. The maximum Gasteiger partial charge on any atom is 0.407 e. The molecule has 94 heavy (non-hydrogen) atoms. The number of amides is 1. The van der Waals surface area contributed by atoms with Crippen LogP contribution in [0.2, 0.25) is 0 Å². The minimum atomic E-state index is -2.07. The van der Waals surface area contributed by atoms with Crippen LogP contribution in [-0.2, 0) is 80.8 Å². The molecule has 6 heterocycles. The summed E-state index contributed by atoms with van der Waals surface area (Å²) in [5.41, 5.74) is 3.67. The van der Waals surface area contributed by atoms with E-state index in [1.807, 2.05) is 46.8 Å². The molecule has 524 valence electrons. The molecule has 1 amide bonds. The average Bonchev–Trinajstić information content (AvgIpc) is 1.31.